The summed E-state index contributed by atoms with van der Waals surface area (Å²) in [5.74, 6) is 0.641. The van der Waals surface area contributed by atoms with Crippen LogP contribution in [0.1, 0.15) is 44.6 Å². The third-order valence-corrected chi connectivity index (χ3v) is 5.41. The Balaban J connectivity index is 2.01. The van der Waals surface area contributed by atoms with Crippen molar-refractivity contribution in [3.63, 3.8) is 0 Å². The van der Waals surface area contributed by atoms with E-state index in [1.54, 1.807) is 0 Å². The van der Waals surface area contributed by atoms with Crippen LogP contribution in [0.4, 0.5) is 0 Å². The van der Waals surface area contributed by atoms with Crippen LogP contribution in [0, 0.1) is 5.41 Å². The van der Waals surface area contributed by atoms with Crippen molar-refractivity contribution in [3.8, 4) is 0 Å². The van der Waals surface area contributed by atoms with Gasteiger partial charge < -0.3 is 5.73 Å². The van der Waals surface area contributed by atoms with E-state index in [0.717, 1.165) is 6.42 Å². The molecule has 1 heteroatoms. The molecule has 1 saturated carbocycles. The van der Waals surface area contributed by atoms with E-state index in [1.165, 1.54) is 29.2 Å². The van der Waals surface area contributed by atoms with Gasteiger partial charge in [0.2, 0.25) is 0 Å². The lowest BCUT2D eigenvalue weighted by Gasteiger charge is -2.55. The number of rotatable bonds is 3. The summed E-state index contributed by atoms with van der Waals surface area (Å²) in [4.78, 5) is 0. The van der Waals surface area contributed by atoms with Gasteiger partial charge in [0.05, 0.1) is 0 Å². The Morgan fingerprint density at radius 1 is 1.05 bits per heavy atom. The smallest absolute Gasteiger partial charge is 0.0107 e. The normalized spacial score (nSPS) is 25.2. The van der Waals surface area contributed by atoms with E-state index in [0.29, 0.717) is 17.4 Å². The van der Waals surface area contributed by atoms with Gasteiger partial charge in [-0.15, -0.1) is 0 Å². The molecular formula is C18H23N. The van der Waals surface area contributed by atoms with Gasteiger partial charge >= 0.3 is 0 Å². The lowest BCUT2D eigenvalue weighted by molar-refractivity contribution is 0.0439. The van der Waals surface area contributed by atoms with Crippen LogP contribution >= 0.6 is 0 Å². The predicted molar refractivity (Wildman–Crippen MR) is 82.3 cm³/mol. The molecule has 0 radical (unpaired) electrons. The van der Waals surface area contributed by atoms with Crippen LogP contribution in [0.15, 0.2) is 42.5 Å². The quantitative estimate of drug-likeness (QED) is 0.858. The Kier molecular flexibility index (Phi) is 3.10. The van der Waals surface area contributed by atoms with Crippen LogP contribution in [0.25, 0.3) is 10.8 Å². The summed E-state index contributed by atoms with van der Waals surface area (Å²) in [5, 5.41) is 2.68. The number of nitrogens with two attached hydrogens (primary N) is 1. The molecule has 0 amide bonds. The summed E-state index contributed by atoms with van der Waals surface area (Å²) >= 11 is 0. The molecule has 2 atom stereocenters. The maximum absolute atomic E-state index is 6.32. The highest BCUT2D eigenvalue weighted by Gasteiger charge is 2.50. The van der Waals surface area contributed by atoms with Crippen molar-refractivity contribution in [3.05, 3.63) is 48.0 Å². The van der Waals surface area contributed by atoms with E-state index in [1.807, 2.05) is 0 Å². The van der Waals surface area contributed by atoms with Crippen molar-refractivity contribution >= 4 is 10.8 Å². The second kappa shape index (κ2) is 4.64. The van der Waals surface area contributed by atoms with E-state index in [4.69, 9.17) is 5.73 Å². The summed E-state index contributed by atoms with van der Waals surface area (Å²) in [5.41, 5.74) is 8.12. The highest BCUT2D eigenvalue weighted by molar-refractivity contribution is 5.83. The van der Waals surface area contributed by atoms with Crippen molar-refractivity contribution in [2.75, 3.05) is 0 Å². The molecule has 1 aliphatic rings. The first-order valence-corrected chi connectivity index (χ1v) is 7.45. The Morgan fingerprint density at radius 3 is 2.37 bits per heavy atom. The molecule has 3 rings (SSSR count). The van der Waals surface area contributed by atoms with E-state index in [2.05, 4.69) is 56.3 Å². The van der Waals surface area contributed by atoms with Crippen LogP contribution in [0.2, 0.25) is 0 Å². The molecule has 2 aromatic carbocycles. The van der Waals surface area contributed by atoms with Crippen LogP contribution in [-0.2, 0) is 0 Å². The van der Waals surface area contributed by atoms with E-state index in [-0.39, 0.29) is 0 Å². The highest BCUT2D eigenvalue weighted by Crippen LogP contribution is 2.56. The van der Waals surface area contributed by atoms with Crippen molar-refractivity contribution < 1.29 is 0 Å². The van der Waals surface area contributed by atoms with Crippen LogP contribution in [0.3, 0.4) is 0 Å². The average Bonchev–Trinajstić information content (AvgIpc) is 2.45. The lowest BCUT2D eigenvalue weighted by Crippen LogP contribution is -2.55. The third kappa shape index (κ3) is 1.80. The van der Waals surface area contributed by atoms with Gasteiger partial charge in [-0.1, -0.05) is 56.3 Å². The van der Waals surface area contributed by atoms with E-state index < -0.39 is 0 Å². The highest BCUT2D eigenvalue weighted by atomic mass is 14.8. The molecule has 1 nitrogen and oxygen atoms in total. The average molecular weight is 253 g/mol. The standard InChI is InChI=1S/C18H23N/c1-3-18(4-2)16(12-17(18)19)15-10-9-13-7-5-6-8-14(13)11-15/h5-11,16-17H,3-4,12,19H2,1-2H3. The molecule has 0 heterocycles. The van der Waals surface area contributed by atoms with Gasteiger partial charge in [-0.25, -0.2) is 0 Å². The third-order valence-electron chi connectivity index (χ3n) is 5.41. The molecule has 2 aromatic rings. The molecule has 1 fully saturated rings. The zero-order valence-electron chi connectivity index (χ0n) is 11.9. The van der Waals surface area contributed by atoms with Crippen LogP contribution in [-0.4, -0.2) is 6.04 Å². The Morgan fingerprint density at radius 2 is 1.74 bits per heavy atom. The molecule has 0 bridgehead atoms. The lowest BCUT2D eigenvalue weighted by atomic mass is 9.52. The fraction of sp³-hybridized carbons (Fsp3) is 0.444. The molecule has 2 unspecified atom stereocenters. The maximum atomic E-state index is 6.32. The molecule has 0 saturated heterocycles. The van der Waals surface area contributed by atoms with Gasteiger partial charge in [-0.05, 0) is 46.9 Å². The number of hydrogen-bond donors (Lipinski definition) is 1. The molecule has 0 spiro atoms. The molecular weight excluding hydrogens is 230 g/mol. The Labute approximate surface area is 115 Å². The minimum Gasteiger partial charge on any atom is -0.327 e. The maximum Gasteiger partial charge on any atom is 0.0107 e. The van der Waals surface area contributed by atoms with Crippen molar-refractivity contribution in [2.45, 2.75) is 45.1 Å². The monoisotopic (exact) mass is 253 g/mol. The van der Waals surface area contributed by atoms with Gasteiger partial charge in [-0.2, -0.15) is 0 Å². The summed E-state index contributed by atoms with van der Waals surface area (Å²) in [7, 11) is 0. The summed E-state index contributed by atoms with van der Waals surface area (Å²) in [6.45, 7) is 4.58. The van der Waals surface area contributed by atoms with Gasteiger partial charge in [-0.3, -0.25) is 0 Å². The SMILES string of the molecule is CCC1(CC)C(N)CC1c1ccc2ccccc2c1. The minimum absolute atomic E-state index is 0.322. The Bertz CT molecular complexity index is 583. The molecule has 2 N–H and O–H groups in total. The first-order valence-electron chi connectivity index (χ1n) is 7.45. The summed E-state index contributed by atoms with van der Waals surface area (Å²) in [6.07, 6.45) is 3.50. The molecule has 19 heavy (non-hydrogen) atoms. The van der Waals surface area contributed by atoms with Gasteiger partial charge in [0.1, 0.15) is 0 Å². The molecule has 1 aliphatic carbocycles. The predicted octanol–water partition coefficient (Wildman–Crippen LogP) is 4.46. The Hall–Kier alpha value is -1.34. The number of hydrogen-bond acceptors (Lipinski definition) is 1. The summed E-state index contributed by atoms with van der Waals surface area (Å²) in [6, 6.07) is 15.9. The van der Waals surface area contributed by atoms with Crippen molar-refractivity contribution in [1.82, 2.24) is 0 Å². The van der Waals surface area contributed by atoms with Crippen LogP contribution in [0.5, 0.6) is 0 Å². The fourth-order valence-corrected chi connectivity index (χ4v) is 3.98. The van der Waals surface area contributed by atoms with E-state index in [9.17, 15) is 0 Å². The van der Waals surface area contributed by atoms with Crippen molar-refractivity contribution in [2.24, 2.45) is 11.1 Å². The molecule has 0 aliphatic heterocycles. The summed E-state index contributed by atoms with van der Waals surface area (Å²) < 4.78 is 0. The van der Waals surface area contributed by atoms with Gasteiger partial charge in [0, 0.05) is 6.04 Å². The zero-order valence-corrected chi connectivity index (χ0v) is 11.9. The molecule has 0 aromatic heterocycles. The first-order chi connectivity index (χ1) is 9.21. The number of fused-ring (bicyclic) bond motifs is 1. The second-order valence-electron chi connectivity index (χ2n) is 5.94. The number of benzene rings is 2. The largest absolute Gasteiger partial charge is 0.327 e. The fourth-order valence-electron chi connectivity index (χ4n) is 3.98. The van der Waals surface area contributed by atoms with Gasteiger partial charge in [0.15, 0.2) is 0 Å². The van der Waals surface area contributed by atoms with Gasteiger partial charge in [0.25, 0.3) is 0 Å². The van der Waals surface area contributed by atoms with E-state index >= 15 is 0 Å². The van der Waals surface area contributed by atoms with Crippen molar-refractivity contribution in [1.29, 1.82) is 0 Å². The zero-order chi connectivity index (χ0) is 13.5. The first kappa shape index (κ1) is 12.7. The van der Waals surface area contributed by atoms with Crippen LogP contribution < -0.4 is 5.73 Å². The second-order valence-corrected chi connectivity index (χ2v) is 5.94. The minimum atomic E-state index is 0.322. The topological polar surface area (TPSA) is 26.0 Å². The molecule has 100 valence electrons.